The Kier molecular flexibility index (Phi) is 6.02. The van der Waals surface area contributed by atoms with Crippen molar-refractivity contribution in [3.05, 3.63) is 71.7 Å². The van der Waals surface area contributed by atoms with E-state index < -0.39 is 0 Å². The number of carbonyl (C=O) groups excluding carboxylic acids is 1. The van der Waals surface area contributed by atoms with E-state index in [9.17, 15) is 9.18 Å². The Labute approximate surface area is 184 Å². The average molecular weight is 435 g/mol. The van der Waals surface area contributed by atoms with Crippen molar-refractivity contribution in [1.29, 1.82) is 0 Å². The van der Waals surface area contributed by atoms with Crippen molar-refractivity contribution >= 4 is 17.0 Å². The first-order chi connectivity index (χ1) is 15.5. The lowest BCUT2D eigenvalue weighted by Gasteiger charge is -2.18. The second kappa shape index (κ2) is 9.05. The molecular weight excluding hydrogens is 413 g/mol. The average Bonchev–Trinajstić information content (AvgIpc) is 3.19. The number of hydrogen-bond donors (Lipinski definition) is 0. The largest absolute Gasteiger partial charge is 0.497 e. The molecule has 32 heavy (non-hydrogen) atoms. The second-order valence-electron chi connectivity index (χ2n) is 7.26. The number of amides is 1. The summed E-state index contributed by atoms with van der Waals surface area (Å²) in [6.45, 7) is 2.44. The molecule has 0 aliphatic carbocycles. The smallest absolute Gasteiger partial charge is 0.259 e. The zero-order valence-electron chi connectivity index (χ0n) is 18.0. The normalized spacial score (nSPS) is 10.9. The van der Waals surface area contributed by atoms with Crippen LogP contribution in [-0.2, 0) is 0 Å². The molecule has 0 aliphatic heterocycles. The number of benzene rings is 2. The molecular formula is C24H22FN3O4. The van der Waals surface area contributed by atoms with Crippen LogP contribution in [0.1, 0.15) is 16.1 Å². The van der Waals surface area contributed by atoms with E-state index in [4.69, 9.17) is 14.0 Å². The number of nitrogens with zero attached hydrogens (tertiary/aromatic N) is 3. The third-order valence-corrected chi connectivity index (χ3v) is 5.09. The summed E-state index contributed by atoms with van der Waals surface area (Å²) >= 11 is 0. The Morgan fingerprint density at radius 3 is 2.47 bits per heavy atom. The molecule has 0 atom stereocenters. The quantitative estimate of drug-likeness (QED) is 0.425. The van der Waals surface area contributed by atoms with E-state index in [0.29, 0.717) is 46.8 Å². The van der Waals surface area contributed by atoms with E-state index in [0.717, 1.165) is 5.75 Å². The molecule has 8 heteroatoms. The number of fused-ring (bicyclic) bond motifs is 1. The van der Waals surface area contributed by atoms with Gasteiger partial charge in [-0.05, 0) is 61.5 Å². The maximum atomic E-state index is 13.3. The topological polar surface area (TPSA) is 77.7 Å². The Hall–Kier alpha value is -3.94. The summed E-state index contributed by atoms with van der Waals surface area (Å²) in [4.78, 5) is 19.3. The van der Waals surface area contributed by atoms with E-state index in [1.165, 1.54) is 12.1 Å². The molecule has 4 rings (SSSR count). The van der Waals surface area contributed by atoms with Crippen LogP contribution in [0.3, 0.4) is 0 Å². The van der Waals surface area contributed by atoms with Crippen molar-refractivity contribution in [2.24, 2.45) is 0 Å². The predicted molar refractivity (Wildman–Crippen MR) is 117 cm³/mol. The molecule has 0 aliphatic rings. The van der Waals surface area contributed by atoms with Gasteiger partial charge in [-0.2, -0.15) is 0 Å². The summed E-state index contributed by atoms with van der Waals surface area (Å²) in [5.41, 5.74) is 2.42. The van der Waals surface area contributed by atoms with E-state index in [1.807, 2.05) is 24.3 Å². The molecule has 0 unspecified atom stereocenters. The van der Waals surface area contributed by atoms with Gasteiger partial charge in [0.15, 0.2) is 0 Å². The highest BCUT2D eigenvalue weighted by Crippen LogP contribution is 2.28. The monoisotopic (exact) mass is 435 g/mol. The summed E-state index contributed by atoms with van der Waals surface area (Å²) in [7, 11) is 3.30. The fourth-order valence-electron chi connectivity index (χ4n) is 3.31. The molecule has 2 aromatic heterocycles. The van der Waals surface area contributed by atoms with Gasteiger partial charge in [0.25, 0.3) is 11.6 Å². The van der Waals surface area contributed by atoms with E-state index in [-0.39, 0.29) is 17.4 Å². The highest BCUT2D eigenvalue weighted by atomic mass is 19.1. The number of carbonyl (C=O) groups is 1. The minimum Gasteiger partial charge on any atom is -0.497 e. The summed E-state index contributed by atoms with van der Waals surface area (Å²) in [6.07, 6.45) is 0. The number of aromatic nitrogens is 2. The Morgan fingerprint density at radius 2 is 1.78 bits per heavy atom. The van der Waals surface area contributed by atoms with Crippen LogP contribution < -0.4 is 9.47 Å². The van der Waals surface area contributed by atoms with Crippen molar-refractivity contribution in [3.8, 4) is 22.8 Å². The first-order valence-electron chi connectivity index (χ1n) is 10.0. The minimum atomic E-state index is -0.349. The third kappa shape index (κ3) is 4.39. The number of aryl methyl sites for hydroxylation is 1. The van der Waals surface area contributed by atoms with Crippen molar-refractivity contribution in [2.45, 2.75) is 6.92 Å². The summed E-state index contributed by atoms with van der Waals surface area (Å²) in [5, 5.41) is 4.52. The van der Waals surface area contributed by atoms with Crippen molar-refractivity contribution in [2.75, 3.05) is 27.3 Å². The minimum absolute atomic E-state index is 0.217. The van der Waals surface area contributed by atoms with Gasteiger partial charge in [-0.1, -0.05) is 5.16 Å². The second-order valence-corrected chi connectivity index (χ2v) is 7.26. The number of hydrogen-bond acceptors (Lipinski definition) is 6. The van der Waals surface area contributed by atoms with Crippen LogP contribution >= 0.6 is 0 Å². The lowest BCUT2D eigenvalue weighted by atomic mass is 10.0. The Morgan fingerprint density at radius 1 is 1.09 bits per heavy atom. The third-order valence-electron chi connectivity index (χ3n) is 5.09. The number of ether oxygens (including phenoxy) is 2. The zero-order valence-corrected chi connectivity index (χ0v) is 18.0. The molecule has 7 nitrogen and oxygen atoms in total. The molecule has 0 saturated heterocycles. The molecule has 0 fully saturated rings. The lowest BCUT2D eigenvalue weighted by molar-refractivity contribution is 0.0775. The van der Waals surface area contributed by atoms with Crippen LogP contribution in [0.4, 0.5) is 4.39 Å². The van der Waals surface area contributed by atoms with Crippen LogP contribution in [0.2, 0.25) is 0 Å². The first-order valence-corrected chi connectivity index (χ1v) is 10.0. The van der Waals surface area contributed by atoms with Gasteiger partial charge in [-0.15, -0.1) is 0 Å². The molecule has 164 valence electrons. The van der Waals surface area contributed by atoms with Crippen LogP contribution in [0, 0.1) is 12.7 Å². The summed E-state index contributed by atoms with van der Waals surface area (Å²) in [6, 6.07) is 14.8. The standard InChI is InChI=1S/C24H22FN3O4/c1-15-22-20(14-21(26-23(22)32-27-15)16-4-6-17(25)7-5-16)24(29)28(2)12-13-31-19-10-8-18(30-3)9-11-19/h4-11,14H,12-13H2,1-3H3. The van der Waals surface area contributed by atoms with Gasteiger partial charge in [-0.25, -0.2) is 9.37 Å². The number of halogens is 1. The fraction of sp³-hybridized carbons (Fsp3) is 0.208. The van der Waals surface area contributed by atoms with Crippen LogP contribution in [0.5, 0.6) is 11.5 Å². The van der Waals surface area contributed by atoms with Crippen molar-refractivity contribution < 1.29 is 23.2 Å². The van der Waals surface area contributed by atoms with Crippen LogP contribution in [0.15, 0.2) is 59.1 Å². The number of pyridine rings is 1. The van der Waals surface area contributed by atoms with Gasteiger partial charge in [-0.3, -0.25) is 4.79 Å². The molecule has 0 saturated carbocycles. The highest BCUT2D eigenvalue weighted by molar-refractivity contribution is 6.06. The molecule has 2 heterocycles. The predicted octanol–water partition coefficient (Wildman–Crippen LogP) is 4.50. The Balaban J connectivity index is 1.54. The van der Waals surface area contributed by atoms with Gasteiger partial charge in [0.1, 0.15) is 23.9 Å². The van der Waals surface area contributed by atoms with Gasteiger partial charge in [0.05, 0.1) is 36.0 Å². The van der Waals surface area contributed by atoms with Crippen molar-refractivity contribution in [1.82, 2.24) is 15.0 Å². The SMILES string of the molecule is COc1ccc(OCCN(C)C(=O)c2cc(-c3ccc(F)cc3)nc3onc(C)c23)cc1. The molecule has 0 N–H and O–H groups in total. The highest BCUT2D eigenvalue weighted by Gasteiger charge is 2.22. The van der Waals surface area contributed by atoms with Crippen LogP contribution in [0.25, 0.3) is 22.4 Å². The van der Waals surface area contributed by atoms with Gasteiger partial charge in [0.2, 0.25) is 0 Å². The molecule has 1 amide bonds. The lowest BCUT2D eigenvalue weighted by Crippen LogP contribution is -2.31. The van der Waals surface area contributed by atoms with Crippen LogP contribution in [-0.4, -0.2) is 48.3 Å². The number of likely N-dealkylation sites (N-methyl/N-ethyl adjacent to an activating group) is 1. The maximum absolute atomic E-state index is 13.3. The van der Waals surface area contributed by atoms with Gasteiger partial charge in [0, 0.05) is 12.6 Å². The summed E-state index contributed by atoms with van der Waals surface area (Å²) < 4.78 is 29.5. The molecule has 4 aromatic rings. The zero-order chi connectivity index (χ0) is 22.7. The van der Waals surface area contributed by atoms with E-state index >= 15 is 0 Å². The van der Waals surface area contributed by atoms with E-state index in [1.54, 1.807) is 44.2 Å². The maximum Gasteiger partial charge on any atom is 0.259 e. The number of rotatable bonds is 7. The molecule has 2 aromatic carbocycles. The van der Waals surface area contributed by atoms with Crippen molar-refractivity contribution in [3.63, 3.8) is 0 Å². The van der Waals surface area contributed by atoms with Gasteiger partial charge >= 0.3 is 0 Å². The summed E-state index contributed by atoms with van der Waals surface area (Å²) in [5.74, 6) is 0.863. The van der Waals surface area contributed by atoms with Gasteiger partial charge < -0.3 is 18.9 Å². The molecule has 0 radical (unpaired) electrons. The number of methoxy groups -OCH3 is 1. The Bertz CT molecular complexity index is 1240. The van der Waals surface area contributed by atoms with E-state index in [2.05, 4.69) is 10.1 Å². The first kappa shape index (κ1) is 21.3. The molecule has 0 bridgehead atoms. The molecule has 0 spiro atoms. The fourth-order valence-corrected chi connectivity index (χ4v) is 3.31.